The maximum absolute atomic E-state index is 11.8. The first kappa shape index (κ1) is 12.7. The van der Waals surface area contributed by atoms with Crippen LogP contribution in [0.2, 0.25) is 0 Å². The van der Waals surface area contributed by atoms with E-state index in [0.717, 1.165) is 18.2 Å². The van der Waals surface area contributed by atoms with Gasteiger partial charge >= 0.3 is 0 Å². The molecule has 0 radical (unpaired) electrons. The third kappa shape index (κ3) is 2.75. The molecule has 1 aromatic rings. The Labute approximate surface area is 108 Å². The molecule has 0 aliphatic heterocycles. The largest absolute Gasteiger partial charge is 0.397 e. The molecule has 0 atom stereocenters. The number of anilines is 2. The molecule has 0 bridgehead atoms. The topological polar surface area (TPSA) is 49.6 Å². The Hall–Kier alpha value is -1.71. The summed E-state index contributed by atoms with van der Waals surface area (Å²) in [5.41, 5.74) is 8.37. The van der Waals surface area contributed by atoms with Gasteiger partial charge in [0.05, 0.1) is 11.4 Å². The minimum atomic E-state index is -0.0157. The molecule has 1 amide bonds. The van der Waals surface area contributed by atoms with Gasteiger partial charge in [-0.3, -0.25) is 4.79 Å². The molecule has 1 saturated carbocycles. The molecular weight excluding hydrogens is 226 g/mol. The van der Waals surface area contributed by atoms with E-state index in [2.05, 4.69) is 11.9 Å². The normalized spacial score (nSPS) is 14.4. The van der Waals surface area contributed by atoms with Crippen LogP contribution >= 0.6 is 0 Å². The third-order valence-corrected chi connectivity index (χ3v) is 3.32. The van der Waals surface area contributed by atoms with Gasteiger partial charge < -0.3 is 15.5 Å². The maximum atomic E-state index is 11.8. The number of hydrogen-bond donors (Lipinski definition) is 1. The van der Waals surface area contributed by atoms with Crippen molar-refractivity contribution < 1.29 is 4.79 Å². The predicted octanol–water partition coefficient (Wildman–Crippen LogP) is 1.82. The summed E-state index contributed by atoms with van der Waals surface area (Å²) in [7, 11) is 5.54. The van der Waals surface area contributed by atoms with Gasteiger partial charge in [0.25, 0.3) is 5.91 Å². The van der Waals surface area contributed by atoms with E-state index in [1.807, 2.05) is 12.1 Å². The molecule has 4 heteroatoms. The van der Waals surface area contributed by atoms with Gasteiger partial charge in [-0.15, -0.1) is 0 Å². The zero-order valence-corrected chi connectivity index (χ0v) is 11.3. The second-order valence-electron chi connectivity index (χ2n) is 5.30. The highest BCUT2D eigenvalue weighted by Crippen LogP contribution is 2.32. The summed E-state index contributed by atoms with van der Waals surface area (Å²) >= 11 is 0. The van der Waals surface area contributed by atoms with Crippen LogP contribution in [0.1, 0.15) is 23.2 Å². The molecule has 98 valence electrons. The number of nitrogens with two attached hydrogens (primary N) is 1. The van der Waals surface area contributed by atoms with Crippen molar-refractivity contribution >= 4 is 17.3 Å². The monoisotopic (exact) mass is 247 g/mol. The molecule has 4 nitrogen and oxygen atoms in total. The van der Waals surface area contributed by atoms with Crippen molar-refractivity contribution in [2.75, 3.05) is 38.3 Å². The molecule has 1 fully saturated rings. The maximum Gasteiger partial charge on any atom is 0.253 e. The van der Waals surface area contributed by atoms with Crippen LogP contribution in [0.5, 0.6) is 0 Å². The van der Waals surface area contributed by atoms with Crippen molar-refractivity contribution in [3.63, 3.8) is 0 Å². The summed E-state index contributed by atoms with van der Waals surface area (Å²) < 4.78 is 0. The van der Waals surface area contributed by atoms with Crippen molar-refractivity contribution in [3.8, 4) is 0 Å². The van der Waals surface area contributed by atoms with Gasteiger partial charge in [0.15, 0.2) is 0 Å². The van der Waals surface area contributed by atoms with E-state index in [1.165, 1.54) is 12.8 Å². The van der Waals surface area contributed by atoms with Crippen LogP contribution in [0, 0.1) is 5.92 Å². The minimum absolute atomic E-state index is 0.0157. The number of amides is 1. The average Bonchev–Trinajstić information content (AvgIpc) is 3.11. The molecule has 1 aromatic carbocycles. The number of benzene rings is 1. The standard InChI is InChI=1S/C14H21N3O/c1-16(2)14(18)11-6-7-13(12(15)8-11)17(3)9-10-4-5-10/h6-8,10H,4-5,9,15H2,1-3H3. The number of nitrogen functional groups attached to an aromatic ring is 1. The van der Waals surface area contributed by atoms with Crippen LogP contribution in [0.4, 0.5) is 11.4 Å². The van der Waals surface area contributed by atoms with Crippen molar-refractivity contribution in [3.05, 3.63) is 23.8 Å². The SMILES string of the molecule is CN(C)C(=O)c1ccc(N(C)CC2CC2)c(N)c1. The molecule has 2 rings (SSSR count). The molecule has 0 aromatic heterocycles. The highest BCUT2D eigenvalue weighted by atomic mass is 16.2. The van der Waals surface area contributed by atoms with Crippen LogP contribution < -0.4 is 10.6 Å². The van der Waals surface area contributed by atoms with E-state index < -0.39 is 0 Å². The van der Waals surface area contributed by atoms with Crippen molar-refractivity contribution in [1.82, 2.24) is 4.90 Å². The highest BCUT2D eigenvalue weighted by Gasteiger charge is 2.23. The molecule has 2 N–H and O–H groups in total. The van der Waals surface area contributed by atoms with Gasteiger partial charge in [-0.2, -0.15) is 0 Å². The zero-order chi connectivity index (χ0) is 13.3. The second-order valence-corrected chi connectivity index (χ2v) is 5.30. The molecule has 0 saturated heterocycles. The van der Waals surface area contributed by atoms with Crippen molar-refractivity contribution in [2.24, 2.45) is 5.92 Å². The van der Waals surface area contributed by atoms with Crippen LogP contribution in [0.25, 0.3) is 0 Å². The molecule has 0 spiro atoms. The predicted molar refractivity (Wildman–Crippen MR) is 74.9 cm³/mol. The summed E-state index contributed by atoms with van der Waals surface area (Å²) in [6, 6.07) is 5.55. The number of carbonyl (C=O) groups is 1. The van der Waals surface area contributed by atoms with E-state index in [4.69, 9.17) is 5.73 Å². The Balaban J connectivity index is 2.15. The number of hydrogen-bond acceptors (Lipinski definition) is 3. The Bertz CT molecular complexity index is 452. The van der Waals surface area contributed by atoms with Crippen LogP contribution in [-0.2, 0) is 0 Å². The van der Waals surface area contributed by atoms with Gasteiger partial charge in [0, 0.05) is 33.3 Å². The van der Waals surface area contributed by atoms with Gasteiger partial charge in [-0.25, -0.2) is 0 Å². The smallest absolute Gasteiger partial charge is 0.253 e. The summed E-state index contributed by atoms with van der Waals surface area (Å²) in [6.45, 7) is 1.05. The van der Waals surface area contributed by atoms with E-state index in [9.17, 15) is 4.79 Å². The fraction of sp³-hybridized carbons (Fsp3) is 0.500. The highest BCUT2D eigenvalue weighted by molar-refractivity contribution is 5.95. The van der Waals surface area contributed by atoms with E-state index in [-0.39, 0.29) is 5.91 Å². The summed E-state index contributed by atoms with van der Waals surface area (Å²) in [4.78, 5) is 15.6. The van der Waals surface area contributed by atoms with Gasteiger partial charge in [-0.05, 0) is 37.0 Å². The lowest BCUT2D eigenvalue weighted by atomic mass is 10.1. The first-order chi connectivity index (χ1) is 8.49. The molecular formula is C14H21N3O. The van der Waals surface area contributed by atoms with Gasteiger partial charge in [-0.1, -0.05) is 0 Å². The first-order valence-electron chi connectivity index (χ1n) is 6.31. The summed E-state index contributed by atoms with van der Waals surface area (Å²) in [5.74, 6) is 0.801. The molecule has 0 unspecified atom stereocenters. The van der Waals surface area contributed by atoms with Gasteiger partial charge in [0.2, 0.25) is 0 Å². The molecule has 18 heavy (non-hydrogen) atoms. The van der Waals surface area contributed by atoms with E-state index in [0.29, 0.717) is 11.3 Å². The Kier molecular flexibility index (Phi) is 3.45. The Morgan fingerprint density at radius 1 is 1.33 bits per heavy atom. The van der Waals surface area contributed by atoms with Crippen molar-refractivity contribution in [2.45, 2.75) is 12.8 Å². The second kappa shape index (κ2) is 4.88. The minimum Gasteiger partial charge on any atom is -0.397 e. The fourth-order valence-corrected chi connectivity index (χ4v) is 2.08. The lowest BCUT2D eigenvalue weighted by molar-refractivity contribution is 0.0827. The Morgan fingerprint density at radius 3 is 2.50 bits per heavy atom. The average molecular weight is 247 g/mol. The van der Waals surface area contributed by atoms with E-state index >= 15 is 0 Å². The lowest BCUT2D eigenvalue weighted by Crippen LogP contribution is -2.23. The fourth-order valence-electron chi connectivity index (χ4n) is 2.08. The lowest BCUT2D eigenvalue weighted by Gasteiger charge is -2.21. The van der Waals surface area contributed by atoms with Crippen LogP contribution in [0.15, 0.2) is 18.2 Å². The van der Waals surface area contributed by atoms with Crippen LogP contribution in [0.3, 0.4) is 0 Å². The summed E-state index contributed by atoms with van der Waals surface area (Å²) in [6.07, 6.45) is 2.64. The first-order valence-corrected chi connectivity index (χ1v) is 6.31. The quantitative estimate of drug-likeness (QED) is 0.826. The number of carbonyl (C=O) groups excluding carboxylic acids is 1. The molecule has 1 aliphatic rings. The van der Waals surface area contributed by atoms with Gasteiger partial charge in [0.1, 0.15) is 0 Å². The summed E-state index contributed by atoms with van der Waals surface area (Å²) in [5, 5.41) is 0. The number of rotatable bonds is 4. The molecule has 0 heterocycles. The third-order valence-electron chi connectivity index (χ3n) is 3.32. The number of nitrogens with zero attached hydrogens (tertiary/aromatic N) is 2. The zero-order valence-electron chi connectivity index (χ0n) is 11.3. The van der Waals surface area contributed by atoms with Crippen molar-refractivity contribution in [1.29, 1.82) is 0 Å². The Morgan fingerprint density at radius 2 is 2.00 bits per heavy atom. The van der Waals surface area contributed by atoms with Crippen LogP contribution in [-0.4, -0.2) is 38.5 Å². The van der Waals surface area contributed by atoms with E-state index in [1.54, 1.807) is 25.1 Å². The molecule has 1 aliphatic carbocycles.